The molecule has 1 rings (SSSR count). The predicted octanol–water partition coefficient (Wildman–Crippen LogP) is 0.626. The van der Waals surface area contributed by atoms with Gasteiger partial charge in [-0.25, -0.2) is 0 Å². The summed E-state index contributed by atoms with van der Waals surface area (Å²) in [5.41, 5.74) is 0.324. The first kappa shape index (κ1) is 7.48. The van der Waals surface area contributed by atoms with Gasteiger partial charge in [0.15, 0.2) is 0 Å². The van der Waals surface area contributed by atoms with Crippen molar-refractivity contribution in [2.24, 2.45) is 0 Å². The van der Waals surface area contributed by atoms with Crippen molar-refractivity contribution in [3.05, 3.63) is 5.89 Å². The molecule has 0 fully saturated rings. The van der Waals surface area contributed by atoms with Crippen LogP contribution in [0, 0.1) is 6.92 Å². The Morgan fingerprint density at radius 2 is 2.10 bits per heavy atom. The van der Waals surface area contributed by atoms with Crippen LogP contribution in [0.5, 0.6) is 0 Å². The maximum Gasteiger partial charge on any atom is 0.230 e. The molecule has 0 atom stereocenters. The fraction of sp³-hybridized carbons (Fsp3) is 0.600. The fourth-order valence-corrected chi connectivity index (χ4v) is 1.13. The van der Waals surface area contributed by atoms with Crippen LogP contribution in [0.1, 0.15) is 5.89 Å². The van der Waals surface area contributed by atoms with E-state index in [0.717, 1.165) is 0 Å². The van der Waals surface area contributed by atoms with Crippen LogP contribution in [-0.4, -0.2) is 23.5 Å². The summed E-state index contributed by atoms with van der Waals surface area (Å²) in [6.45, 7) is 4.89. The average Bonchev–Trinajstić information content (AvgIpc) is 2.11. The van der Waals surface area contributed by atoms with E-state index in [4.69, 9.17) is 0 Å². The van der Waals surface area contributed by atoms with Gasteiger partial charge in [-0.2, -0.15) is 4.98 Å². The van der Waals surface area contributed by atoms with E-state index in [0.29, 0.717) is 11.5 Å². The number of hydrogen-bond acceptors (Lipinski definition) is 4. The topological polar surface area (TPSA) is 56.0 Å². The van der Waals surface area contributed by atoms with E-state index in [1.807, 2.05) is 0 Å². The molecular formula is C5H9N2O2P. The number of aromatic nitrogens is 2. The highest BCUT2D eigenvalue weighted by Gasteiger charge is 2.17. The predicted molar refractivity (Wildman–Crippen MR) is 38.1 cm³/mol. The van der Waals surface area contributed by atoms with Gasteiger partial charge in [0, 0.05) is 6.92 Å². The Bertz CT molecular complexity index is 275. The molecule has 0 aliphatic rings. The highest BCUT2D eigenvalue weighted by Crippen LogP contribution is 2.32. The first-order valence-corrected chi connectivity index (χ1v) is 5.46. The van der Waals surface area contributed by atoms with Gasteiger partial charge in [0.25, 0.3) is 0 Å². The van der Waals surface area contributed by atoms with Crippen LogP contribution >= 0.6 is 7.14 Å². The zero-order valence-electron chi connectivity index (χ0n) is 6.16. The Balaban J connectivity index is 3.08. The van der Waals surface area contributed by atoms with Crippen LogP contribution in [0.15, 0.2) is 4.52 Å². The standard InChI is InChI=1S/C5H9N2O2P/c1-4-6-5(7-9-4)10(2,3)8/h1-3H3. The lowest BCUT2D eigenvalue weighted by Gasteiger charge is -1.95. The minimum absolute atomic E-state index is 0.324. The second kappa shape index (κ2) is 2.20. The van der Waals surface area contributed by atoms with Crippen molar-refractivity contribution < 1.29 is 9.09 Å². The minimum atomic E-state index is -2.31. The van der Waals surface area contributed by atoms with E-state index >= 15 is 0 Å². The molecule has 0 aliphatic carbocycles. The van der Waals surface area contributed by atoms with Crippen LogP contribution in [0.2, 0.25) is 0 Å². The SMILES string of the molecule is Cc1nc(P(C)(C)=O)no1. The summed E-state index contributed by atoms with van der Waals surface area (Å²) in [4.78, 5) is 3.84. The molecule has 0 spiro atoms. The summed E-state index contributed by atoms with van der Waals surface area (Å²) in [5, 5.41) is 3.54. The van der Waals surface area contributed by atoms with Crippen molar-refractivity contribution >= 4 is 12.7 Å². The van der Waals surface area contributed by atoms with Gasteiger partial charge in [0.2, 0.25) is 11.5 Å². The third-order valence-corrected chi connectivity index (χ3v) is 2.14. The Morgan fingerprint density at radius 3 is 2.30 bits per heavy atom. The van der Waals surface area contributed by atoms with Crippen molar-refractivity contribution in [2.75, 3.05) is 13.3 Å². The molecule has 0 unspecified atom stereocenters. The smallest absolute Gasteiger partial charge is 0.230 e. The molecule has 0 saturated carbocycles. The largest absolute Gasteiger partial charge is 0.339 e. The molecule has 0 amide bonds. The Labute approximate surface area is 59.0 Å². The molecule has 0 radical (unpaired) electrons. The lowest BCUT2D eigenvalue weighted by molar-refractivity contribution is 0.396. The van der Waals surface area contributed by atoms with E-state index in [9.17, 15) is 4.57 Å². The van der Waals surface area contributed by atoms with Crippen molar-refractivity contribution in [3.63, 3.8) is 0 Å². The Hall–Kier alpha value is -0.630. The average molecular weight is 160 g/mol. The molecule has 0 aliphatic heterocycles. The van der Waals surface area contributed by atoms with Gasteiger partial charge < -0.3 is 9.09 Å². The molecule has 0 aromatic carbocycles. The number of rotatable bonds is 1. The monoisotopic (exact) mass is 160 g/mol. The zero-order chi connectivity index (χ0) is 7.78. The van der Waals surface area contributed by atoms with E-state index in [1.54, 1.807) is 20.3 Å². The van der Waals surface area contributed by atoms with Gasteiger partial charge >= 0.3 is 0 Å². The summed E-state index contributed by atoms with van der Waals surface area (Å²) in [5.74, 6) is 0.457. The lowest BCUT2D eigenvalue weighted by atomic mass is 10.8. The summed E-state index contributed by atoms with van der Waals surface area (Å²) >= 11 is 0. The molecule has 1 aromatic heterocycles. The van der Waals surface area contributed by atoms with Crippen molar-refractivity contribution in [3.8, 4) is 0 Å². The number of hydrogen-bond donors (Lipinski definition) is 0. The molecule has 0 N–H and O–H groups in total. The normalized spacial score (nSPS) is 11.9. The molecular weight excluding hydrogens is 151 g/mol. The van der Waals surface area contributed by atoms with Crippen LogP contribution in [0.25, 0.3) is 0 Å². The van der Waals surface area contributed by atoms with Crippen molar-refractivity contribution in [1.29, 1.82) is 0 Å². The van der Waals surface area contributed by atoms with Gasteiger partial charge in [-0.3, -0.25) is 0 Å². The second-order valence-corrected chi connectivity index (χ2v) is 5.57. The van der Waals surface area contributed by atoms with Crippen LogP contribution in [0.4, 0.5) is 0 Å². The van der Waals surface area contributed by atoms with E-state index in [2.05, 4.69) is 14.7 Å². The minimum Gasteiger partial charge on any atom is -0.339 e. The fourth-order valence-electron chi connectivity index (χ4n) is 0.507. The summed E-state index contributed by atoms with van der Waals surface area (Å²) in [6, 6.07) is 0. The second-order valence-electron chi connectivity index (χ2n) is 2.46. The van der Waals surface area contributed by atoms with E-state index in [-0.39, 0.29) is 0 Å². The molecule has 56 valence electrons. The van der Waals surface area contributed by atoms with Gasteiger partial charge in [-0.15, -0.1) is 0 Å². The van der Waals surface area contributed by atoms with Crippen LogP contribution in [-0.2, 0) is 4.57 Å². The van der Waals surface area contributed by atoms with Crippen molar-refractivity contribution in [1.82, 2.24) is 10.1 Å². The van der Waals surface area contributed by atoms with Crippen LogP contribution < -0.4 is 5.57 Å². The molecule has 0 saturated heterocycles. The van der Waals surface area contributed by atoms with Crippen LogP contribution in [0.3, 0.4) is 0 Å². The molecule has 4 nitrogen and oxygen atoms in total. The maximum atomic E-state index is 11.2. The Kier molecular flexibility index (Phi) is 1.65. The molecule has 0 bridgehead atoms. The zero-order valence-corrected chi connectivity index (χ0v) is 7.05. The third kappa shape index (κ3) is 1.45. The van der Waals surface area contributed by atoms with Gasteiger partial charge in [-0.1, -0.05) is 5.16 Å². The molecule has 1 aromatic rings. The third-order valence-electron chi connectivity index (χ3n) is 0.999. The Morgan fingerprint density at radius 1 is 1.50 bits per heavy atom. The number of nitrogens with zero attached hydrogens (tertiary/aromatic N) is 2. The van der Waals surface area contributed by atoms with E-state index in [1.165, 1.54) is 0 Å². The maximum absolute atomic E-state index is 11.2. The molecule has 10 heavy (non-hydrogen) atoms. The molecule has 5 heteroatoms. The first-order chi connectivity index (χ1) is 4.50. The summed E-state index contributed by atoms with van der Waals surface area (Å²) in [6.07, 6.45) is 0. The van der Waals surface area contributed by atoms with E-state index < -0.39 is 7.14 Å². The molecule has 1 heterocycles. The van der Waals surface area contributed by atoms with Gasteiger partial charge in [0.05, 0.1) is 0 Å². The quantitative estimate of drug-likeness (QED) is 0.565. The van der Waals surface area contributed by atoms with Crippen molar-refractivity contribution in [2.45, 2.75) is 6.92 Å². The summed E-state index contributed by atoms with van der Waals surface area (Å²) in [7, 11) is -2.31. The number of aryl methyl sites for hydroxylation is 1. The first-order valence-electron chi connectivity index (χ1n) is 2.86. The van der Waals surface area contributed by atoms with Gasteiger partial charge in [-0.05, 0) is 13.3 Å². The highest BCUT2D eigenvalue weighted by molar-refractivity contribution is 7.69. The lowest BCUT2D eigenvalue weighted by Crippen LogP contribution is -2.06. The highest BCUT2D eigenvalue weighted by atomic mass is 31.2. The van der Waals surface area contributed by atoms with Gasteiger partial charge in [0.1, 0.15) is 7.14 Å². The summed E-state index contributed by atoms with van der Waals surface area (Å²) < 4.78 is 15.9.